The Hall–Kier alpha value is -0.520. The normalized spacial score (nSPS) is 10.3. The van der Waals surface area contributed by atoms with E-state index in [1.54, 1.807) is 23.1 Å². The summed E-state index contributed by atoms with van der Waals surface area (Å²) < 4.78 is 2.68. The van der Waals surface area contributed by atoms with Crippen LogP contribution in [0.25, 0.3) is 10.2 Å². The molecular formula is C11H8ClN3S4. The monoisotopic (exact) mass is 345 g/mol. The van der Waals surface area contributed by atoms with Crippen LogP contribution < -0.4 is 5.32 Å². The largest absolute Gasteiger partial charge is 0.278 e. The third kappa shape index (κ3) is 4.51. The third-order valence-corrected chi connectivity index (χ3v) is 5.93. The van der Waals surface area contributed by atoms with Gasteiger partial charge in [0.05, 0.1) is 10.2 Å². The molecule has 0 atom stereocenters. The Morgan fingerprint density at radius 2 is 2.37 bits per heavy atom. The van der Waals surface area contributed by atoms with E-state index in [1.165, 1.54) is 11.8 Å². The molecule has 1 aromatic heterocycles. The Morgan fingerprint density at radius 1 is 1.53 bits per heavy atom. The third-order valence-electron chi connectivity index (χ3n) is 2.03. The zero-order valence-electron chi connectivity index (χ0n) is 9.55. The highest BCUT2D eigenvalue weighted by molar-refractivity contribution is 8.23. The number of hydrogen-bond donors (Lipinski definition) is 1. The maximum atomic E-state index is 8.39. The van der Waals surface area contributed by atoms with Crippen molar-refractivity contribution in [3.63, 3.8) is 0 Å². The molecule has 0 bridgehead atoms. The highest BCUT2D eigenvalue weighted by atomic mass is 35.5. The van der Waals surface area contributed by atoms with Gasteiger partial charge in [0.2, 0.25) is 0 Å². The van der Waals surface area contributed by atoms with E-state index in [9.17, 15) is 0 Å². The van der Waals surface area contributed by atoms with E-state index < -0.39 is 0 Å². The number of nitrogens with one attached hydrogen (secondary N) is 1. The summed E-state index contributed by atoms with van der Waals surface area (Å²) in [5.41, 5.74) is 0.939. The molecule has 0 aliphatic carbocycles. The summed E-state index contributed by atoms with van der Waals surface area (Å²) in [6.45, 7) is 0. The summed E-state index contributed by atoms with van der Waals surface area (Å²) in [4.78, 5) is 4.51. The molecule has 0 saturated heterocycles. The van der Waals surface area contributed by atoms with Crippen molar-refractivity contribution < 1.29 is 0 Å². The van der Waals surface area contributed by atoms with Gasteiger partial charge < -0.3 is 0 Å². The number of fused-ring (bicyclic) bond motifs is 1. The molecule has 1 heterocycles. The zero-order chi connectivity index (χ0) is 13.7. The molecule has 0 unspecified atom stereocenters. The molecule has 0 radical (unpaired) electrons. The number of aromatic nitrogens is 1. The van der Waals surface area contributed by atoms with Crippen LogP contribution in [0.15, 0.2) is 22.5 Å². The zero-order valence-corrected chi connectivity index (χ0v) is 13.6. The maximum Gasteiger partial charge on any atom is 0.182 e. The minimum Gasteiger partial charge on any atom is -0.278 e. The molecule has 8 heteroatoms. The molecule has 98 valence electrons. The first-order valence-electron chi connectivity index (χ1n) is 5.20. The van der Waals surface area contributed by atoms with Crippen LogP contribution in [-0.4, -0.2) is 20.8 Å². The van der Waals surface area contributed by atoms with Gasteiger partial charge in [-0.05, 0) is 18.2 Å². The number of benzene rings is 1. The average Bonchev–Trinajstić information content (AvgIpc) is 2.77. The second-order valence-electron chi connectivity index (χ2n) is 3.31. The molecule has 0 aliphatic rings. The van der Waals surface area contributed by atoms with E-state index in [0.717, 1.165) is 26.1 Å². The van der Waals surface area contributed by atoms with Gasteiger partial charge in [0.1, 0.15) is 4.32 Å². The fraction of sp³-hybridized carbons (Fsp3) is 0.182. The van der Waals surface area contributed by atoms with E-state index in [0.29, 0.717) is 9.34 Å². The van der Waals surface area contributed by atoms with Gasteiger partial charge in [-0.1, -0.05) is 47.3 Å². The Balaban J connectivity index is 1.85. The van der Waals surface area contributed by atoms with Gasteiger partial charge in [-0.25, -0.2) is 4.98 Å². The van der Waals surface area contributed by atoms with Crippen LogP contribution in [0.1, 0.15) is 0 Å². The van der Waals surface area contributed by atoms with Gasteiger partial charge in [-0.3, -0.25) is 5.32 Å². The van der Waals surface area contributed by atoms with Crippen molar-refractivity contribution in [2.45, 2.75) is 4.34 Å². The minimum absolute atomic E-state index is 0.513. The Morgan fingerprint density at radius 3 is 3.16 bits per heavy atom. The number of thioether (sulfide) groups is 2. The first-order valence-corrected chi connectivity index (χ1v) is 8.77. The molecule has 1 aromatic carbocycles. The molecule has 2 rings (SSSR count). The van der Waals surface area contributed by atoms with Crippen molar-refractivity contribution in [3.8, 4) is 6.19 Å². The fourth-order valence-electron chi connectivity index (χ4n) is 1.29. The summed E-state index contributed by atoms with van der Waals surface area (Å²) >= 11 is 15.7. The number of rotatable bonds is 4. The SMILES string of the molecule is N#CNC(=S)SCCSc1nc2cc(Cl)ccc2s1. The van der Waals surface area contributed by atoms with Gasteiger partial charge in [-0.2, -0.15) is 5.26 Å². The van der Waals surface area contributed by atoms with Crippen LogP contribution >= 0.6 is 58.7 Å². The van der Waals surface area contributed by atoms with Crippen molar-refractivity contribution in [2.24, 2.45) is 0 Å². The van der Waals surface area contributed by atoms with E-state index in [2.05, 4.69) is 10.3 Å². The lowest BCUT2D eigenvalue weighted by Crippen LogP contribution is -2.11. The molecule has 19 heavy (non-hydrogen) atoms. The van der Waals surface area contributed by atoms with E-state index in [1.807, 2.05) is 24.4 Å². The molecule has 0 fully saturated rings. The standard InChI is InChI=1S/C11H8ClN3S4/c12-7-1-2-9-8(5-7)15-11(19-9)18-4-3-17-10(16)14-6-13/h1-2,5H,3-4H2,(H,14,16). The topological polar surface area (TPSA) is 48.7 Å². The van der Waals surface area contributed by atoms with Crippen LogP contribution in [0, 0.1) is 11.5 Å². The molecule has 0 aliphatic heterocycles. The summed E-state index contributed by atoms with van der Waals surface area (Å²) in [5, 5.41) is 11.5. The number of nitriles is 1. The Kier molecular flexibility index (Phi) is 5.73. The van der Waals surface area contributed by atoms with E-state index in [-0.39, 0.29) is 0 Å². The fourth-order valence-corrected chi connectivity index (χ4v) is 4.49. The maximum absolute atomic E-state index is 8.39. The van der Waals surface area contributed by atoms with Crippen molar-refractivity contribution >= 4 is 73.2 Å². The molecule has 2 aromatic rings. The van der Waals surface area contributed by atoms with Crippen molar-refractivity contribution in [2.75, 3.05) is 11.5 Å². The van der Waals surface area contributed by atoms with Crippen LogP contribution in [0.5, 0.6) is 0 Å². The van der Waals surface area contributed by atoms with Gasteiger partial charge in [-0.15, -0.1) is 11.3 Å². The highest BCUT2D eigenvalue weighted by Crippen LogP contribution is 2.31. The second-order valence-corrected chi connectivity index (χ2v) is 7.89. The molecule has 0 amide bonds. The number of thiazole rings is 1. The lowest BCUT2D eigenvalue weighted by molar-refractivity contribution is 1.30. The predicted molar refractivity (Wildman–Crippen MR) is 89.2 cm³/mol. The van der Waals surface area contributed by atoms with Gasteiger partial charge in [0.15, 0.2) is 10.5 Å². The number of hydrogen-bond acceptors (Lipinski definition) is 6. The summed E-state index contributed by atoms with van der Waals surface area (Å²) in [7, 11) is 0. The Bertz CT molecular complexity index is 634. The van der Waals surface area contributed by atoms with Crippen LogP contribution in [0.3, 0.4) is 0 Å². The molecule has 0 saturated carbocycles. The van der Waals surface area contributed by atoms with Gasteiger partial charge >= 0.3 is 0 Å². The molecule has 3 nitrogen and oxygen atoms in total. The number of thiocarbonyl (C=S) groups is 1. The average molecular weight is 346 g/mol. The quantitative estimate of drug-likeness (QED) is 0.295. The lowest BCUT2D eigenvalue weighted by atomic mass is 10.3. The number of halogens is 1. The van der Waals surface area contributed by atoms with Crippen LogP contribution in [0.4, 0.5) is 0 Å². The van der Waals surface area contributed by atoms with E-state index >= 15 is 0 Å². The molecular weight excluding hydrogens is 338 g/mol. The van der Waals surface area contributed by atoms with Crippen molar-refractivity contribution in [1.29, 1.82) is 5.26 Å². The van der Waals surface area contributed by atoms with Gasteiger partial charge in [0.25, 0.3) is 0 Å². The summed E-state index contributed by atoms with van der Waals surface area (Å²) in [5.74, 6) is 1.74. The Labute approximate surface area is 133 Å². The molecule has 1 N–H and O–H groups in total. The number of nitrogens with zero attached hydrogens (tertiary/aromatic N) is 2. The first kappa shape index (κ1) is 14.9. The van der Waals surface area contributed by atoms with Crippen LogP contribution in [0.2, 0.25) is 5.02 Å². The second kappa shape index (κ2) is 7.31. The predicted octanol–water partition coefficient (Wildman–Crippen LogP) is 4.13. The smallest absolute Gasteiger partial charge is 0.182 e. The van der Waals surface area contributed by atoms with Crippen molar-refractivity contribution in [3.05, 3.63) is 23.2 Å². The van der Waals surface area contributed by atoms with Crippen LogP contribution in [-0.2, 0) is 0 Å². The minimum atomic E-state index is 0.513. The molecule has 0 spiro atoms. The summed E-state index contributed by atoms with van der Waals surface area (Å²) in [6, 6.07) is 5.73. The lowest BCUT2D eigenvalue weighted by Gasteiger charge is -1.98. The van der Waals surface area contributed by atoms with Gasteiger partial charge in [0, 0.05) is 16.5 Å². The highest BCUT2D eigenvalue weighted by Gasteiger charge is 2.05. The van der Waals surface area contributed by atoms with Crippen molar-refractivity contribution in [1.82, 2.24) is 10.3 Å². The first-order chi connectivity index (χ1) is 9.19. The van der Waals surface area contributed by atoms with E-state index in [4.69, 9.17) is 29.1 Å². The summed E-state index contributed by atoms with van der Waals surface area (Å²) in [6.07, 6.45) is 1.81.